The number of halogens is 1. The smallest absolute Gasteiger partial charge is 0.339 e. The number of para-hydroxylation sites is 1. The number of fused-ring (bicyclic) bond motifs is 1. The summed E-state index contributed by atoms with van der Waals surface area (Å²) >= 11 is 5.96. The number of rotatable bonds is 7. The Morgan fingerprint density at radius 2 is 1.46 bits per heavy atom. The van der Waals surface area contributed by atoms with Crippen molar-refractivity contribution in [2.24, 2.45) is 0 Å². The van der Waals surface area contributed by atoms with Crippen LogP contribution in [0.3, 0.4) is 0 Å². The number of hydrogen-bond acceptors (Lipinski definition) is 5. The lowest BCUT2D eigenvalue weighted by molar-refractivity contribution is 0.0280. The van der Waals surface area contributed by atoms with E-state index in [9.17, 15) is 9.59 Å². The van der Waals surface area contributed by atoms with E-state index in [0.29, 0.717) is 28.3 Å². The summed E-state index contributed by atoms with van der Waals surface area (Å²) in [4.78, 5) is 26.2. The van der Waals surface area contributed by atoms with Crippen LogP contribution < -0.4 is 0 Å². The van der Waals surface area contributed by atoms with Crippen LogP contribution in [0.1, 0.15) is 37.9 Å². The summed E-state index contributed by atoms with van der Waals surface area (Å²) < 4.78 is 7.53. The Labute approximate surface area is 206 Å². The molecule has 0 N–H and O–H groups in total. The van der Waals surface area contributed by atoms with Crippen LogP contribution in [0.25, 0.3) is 11.0 Å². The normalized spacial score (nSPS) is 11.8. The number of esters is 1. The van der Waals surface area contributed by atoms with Crippen molar-refractivity contribution >= 4 is 34.4 Å². The van der Waals surface area contributed by atoms with E-state index in [0.717, 1.165) is 16.6 Å². The molecule has 0 spiro atoms. The Morgan fingerprint density at radius 3 is 2.20 bits per heavy atom. The molecule has 172 valence electrons. The van der Waals surface area contributed by atoms with Crippen molar-refractivity contribution in [2.75, 3.05) is 0 Å². The molecule has 0 aliphatic carbocycles. The first kappa shape index (κ1) is 22.5. The van der Waals surface area contributed by atoms with Crippen LogP contribution in [0.4, 0.5) is 0 Å². The van der Waals surface area contributed by atoms with E-state index in [-0.39, 0.29) is 5.78 Å². The van der Waals surface area contributed by atoms with Crippen LogP contribution in [-0.2, 0) is 11.3 Å². The third kappa shape index (κ3) is 4.98. The largest absolute Gasteiger partial charge is 0.445 e. The molecule has 0 aliphatic rings. The van der Waals surface area contributed by atoms with E-state index < -0.39 is 12.1 Å². The summed E-state index contributed by atoms with van der Waals surface area (Å²) in [6.45, 7) is 0.511. The lowest BCUT2D eigenvalue weighted by atomic mass is 9.99. The van der Waals surface area contributed by atoms with Gasteiger partial charge >= 0.3 is 5.97 Å². The van der Waals surface area contributed by atoms with Crippen molar-refractivity contribution in [3.8, 4) is 0 Å². The van der Waals surface area contributed by atoms with Crippen molar-refractivity contribution in [2.45, 2.75) is 12.6 Å². The molecular formula is C28H20ClN3O3. The molecule has 0 saturated carbocycles. The maximum absolute atomic E-state index is 13.2. The van der Waals surface area contributed by atoms with Gasteiger partial charge in [-0.05, 0) is 54.1 Å². The highest BCUT2D eigenvalue weighted by molar-refractivity contribution is 6.30. The minimum Gasteiger partial charge on any atom is -0.445 e. The maximum atomic E-state index is 13.2. The third-order valence-corrected chi connectivity index (χ3v) is 5.89. The second-order valence-corrected chi connectivity index (χ2v) is 8.44. The number of ether oxygens (including phenoxy) is 1. The van der Waals surface area contributed by atoms with Gasteiger partial charge in [0.25, 0.3) is 0 Å². The van der Waals surface area contributed by atoms with Crippen LogP contribution in [-0.4, -0.2) is 26.7 Å². The van der Waals surface area contributed by atoms with Gasteiger partial charge in [-0.25, -0.2) is 9.48 Å². The number of Topliss-reactive ketones (excluding diaryl/α,β-unsaturated/α-hetero) is 1. The lowest BCUT2D eigenvalue weighted by Gasteiger charge is -2.18. The minimum absolute atomic E-state index is 0.323. The molecule has 0 unspecified atom stereocenters. The van der Waals surface area contributed by atoms with Crippen molar-refractivity contribution in [1.82, 2.24) is 15.0 Å². The minimum atomic E-state index is -1.08. The molecule has 7 heteroatoms. The van der Waals surface area contributed by atoms with Crippen LogP contribution in [0.2, 0.25) is 5.02 Å². The van der Waals surface area contributed by atoms with E-state index in [2.05, 4.69) is 10.3 Å². The second kappa shape index (κ2) is 9.91. The van der Waals surface area contributed by atoms with Gasteiger partial charge in [0.15, 0.2) is 6.10 Å². The standard InChI is InChI=1S/C28H20ClN3O3/c29-23-16-14-20(15-17-23)26(33)27(21-6-2-1-3-7-21)35-28(34)22-12-10-19(11-13-22)18-32-25-9-5-4-8-24(25)30-31-32/h1-17,27H,18H2/t27-/m0/s1. The maximum Gasteiger partial charge on any atom is 0.339 e. The molecule has 35 heavy (non-hydrogen) atoms. The molecule has 1 atom stereocenters. The van der Waals surface area contributed by atoms with Gasteiger partial charge in [-0.2, -0.15) is 0 Å². The van der Waals surface area contributed by atoms with Gasteiger partial charge in [0.05, 0.1) is 17.6 Å². The quantitative estimate of drug-likeness (QED) is 0.213. The third-order valence-electron chi connectivity index (χ3n) is 5.64. The molecule has 0 bridgehead atoms. The van der Waals surface area contributed by atoms with Crippen LogP contribution >= 0.6 is 11.6 Å². The van der Waals surface area contributed by atoms with Crippen LogP contribution in [0.15, 0.2) is 103 Å². The molecule has 5 rings (SSSR count). The lowest BCUT2D eigenvalue weighted by Crippen LogP contribution is -2.20. The Morgan fingerprint density at radius 1 is 0.800 bits per heavy atom. The molecule has 4 aromatic carbocycles. The van der Waals surface area contributed by atoms with Crippen LogP contribution in [0, 0.1) is 0 Å². The van der Waals surface area contributed by atoms with Crippen LogP contribution in [0.5, 0.6) is 0 Å². The number of aromatic nitrogens is 3. The summed E-state index contributed by atoms with van der Waals surface area (Å²) in [5.74, 6) is -0.908. The average Bonchev–Trinajstić information content (AvgIpc) is 3.31. The zero-order chi connectivity index (χ0) is 24.2. The molecule has 0 saturated heterocycles. The zero-order valence-electron chi connectivity index (χ0n) is 18.5. The molecule has 0 radical (unpaired) electrons. The van der Waals surface area contributed by atoms with E-state index >= 15 is 0 Å². The van der Waals surface area contributed by atoms with Crippen molar-refractivity contribution < 1.29 is 14.3 Å². The molecule has 6 nitrogen and oxygen atoms in total. The molecule has 1 aromatic heterocycles. The second-order valence-electron chi connectivity index (χ2n) is 8.00. The highest BCUT2D eigenvalue weighted by Gasteiger charge is 2.26. The summed E-state index contributed by atoms with van der Waals surface area (Å²) in [6, 6.07) is 30.3. The van der Waals surface area contributed by atoms with Gasteiger partial charge in [-0.15, -0.1) is 5.10 Å². The summed E-state index contributed by atoms with van der Waals surface area (Å²) in [7, 11) is 0. The number of hydrogen-bond donors (Lipinski definition) is 0. The van der Waals surface area contributed by atoms with E-state index in [1.165, 1.54) is 0 Å². The molecular weight excluding hydrogens is 462 g/mol. The Bertz CT molecular complexity index is 1480. The summed E-state index contributed by atoms with van der Waals surface area (Å²) in [5, 5.41) is 8.89. The van der Waals surface area contributed by atoms with Gasteiger partial charge < -0.3 is 4.74 Å². The van der Waals surface area contributed by atoms with Gasteiger partial charge in [0.1, 0.15) is 5.52 Å². The molecule has 0 aliphatic heterocycles. The highest BCUT2D eigenvalue weighted by Crippen LogP contribution is 2.25. The van der Waals surface area contributed by atoms with Crippen molar-refractivity contribution in [3.05, 3.63) is 130 Å². The zero-order valence-corrected chi connectivity index (χ0v) is 19.3. The SMILES string of the molecule is O=C(O[C@H](C(=O)c1ccc(Cl)cc1)c1ccccc1)c1ccc(Cn2nnc3ccccc32)cc1. The first-order valence-corrected chi connectivity index (χ1v) is 11.4. The molecule has 5 aromatic rings. The Balaban J connectivity index is 1.35. The highest BCUT2D eigenvalue weighted by atomic mass is 35.5. The predicted octanol–water partition coefficient (Wildman–Crippen LogP) is 5.91. The van der Waals surface area contributed by atoms with Gasteiger partial charge in [0.2, 0.25) is 5.78 Å². The molecule has 0 fully saturated rings. The number of nitrogens with zero attached hydrogens (tertiary/aromatic N) is 3. The van der Waals surface area contributed by atoms with Crippen molar-refractivity contribution in [1.29, 1.82) is 0 Å². The number of carbonyl (C=O) groups is 2. The molecule has 0 amide bonds. The Hall–Kier alpha value is -4.29. The van der Waals surface area contributed by atoms with Gasteiger partial charge in [-0.3, -0.25) is 4.79 Å². The number of carbonyl (C=O) groups excluding carboxylic acids is 2. The first-order chi connectivity index (χ1) is 17.1. The van der Waals surface area contributed by atoms with E-state index in [1.54, 1.807) is 65.3 Å². The fourth-order valence-corrected chi connectivity index (χ4v) is 3.92. The summed E-state index contributed by atoms with van der Waals surface area (Å²) in [6.07, 6.45) is -1.08. The predicted molar refractivity (Wildman–Crippen MR) is 133 cm³/mol. The van der Waals surface area contributed by atoms with Crippen molar-refractivity contribution in [3.63, 3.8) is 0 Å². The number of ketones is 1. The summed E-state index contributed by atoms with van der Waals surface area (Å²) in [5.41, 5.74) is 4.06. The fraction of sp³-hybridized carbons (Fsp3) is 0.0714. The van der Waals surface area contributed by atoms with E-state index in [4.69, 9.17) is 16.3 Å². The monoisotopic (exact) mass is 481 g/mol. The average molecular weight is 482 g/mol. The fourth-order valence-electron chi connectivity index (χ4n) is 3.79. The van der Waals surface area contributed by atoms with Gasteiger partial charge in [0, 0.05) is 16.1 Å². The Kier molecular flexibility index (Phi) is 6.37. The van der Waals surface area contributed by atoms with Gasteiger partial charge in [-0.1, -0.05) is 71.4 Å². The number of benzene rings is 4. The van der Waals surface area contributed by atoms with E-state index in [1.807, 2.05) is 42.5 Å². The first-order valence-electron chi connectivity index (χ1n) is 11.0. The molecule has 1 heterocycles. The topological polar surface area (TPSA) is 74.1 Å².